The van der Waals surface area contributed by atoms with E-state index < -0.39 is 0 Å². The smallest absolute Gasteiger partial charge is 0.255 e. The summed E-state index contributed by atoms with van der Waals surface area (Å²) < 4.78 is 0.688. The summed E-state index contributed by atoms with van der Waals surface area (Å²) in [5.74, 6) is 0.326. The highest BCUT2D eigenvalue weighted by molar-refractivity contribution is 9.10. The van der Waals surface area contributed by atoms with Gasteiger partial charge in [-0.3, -0.25) is 4.79 Å². The molecule has 0 aliphatic rings. The van der Waals surface area contributed by atoms with E-state index >= 15 is 0 Å². The third kappa shape index (κ3) is 4.47. The highest BCUT2D eigenvalue weighted by Gasteiger charge is 2.18. The number of carbonyl (C=O) groups excluding carboxylic acids is 1. The number of rotatable bonds is 5. The van der Waals surface area contributed by atoms with Crippen LogP contribution in [0.5, 0.6) is 0 Å². The number of alkyl halides is 1. The maximum absolute atomic E-state index is 12.7. The fourth-order valence-electron chi connectivity index (χ4n) is 1.99. The van der Waals surface area contributed by atoms with Gasteiger partial charge in [-0.15, -0.1) is 11.6 Å². The molecule has 110 valence electrons. The molecule has 0 aromatic heterocycles. The molecule has 0 saturated heterocycles. The molecule has 21 heavy (non-hydrogen) atoms. The van der Waals surface area contributed by atoms with E-state index in [2.05, 4.69) is 15.9 Å². The number of halogens is 3. The van der Waals surface area contributed by atoms with Crippen LogP contribution in [0.1, 0.15) is 15.9 Å². The standard InChI is InChI=1S/C16H14BrCl2NO/c17-15-10-13(19)6-7-14(15)16(21)20(9-8-18)11-12-4-2-1-3-5-12/h1-7,10H,8-9,11H2. The first-order valence-electron chi connectivity index (χ1n) is 6.46. The monoisotopic (exact) mass is 385 g/mol. The summed E-state index contributed by atoms with van der Waals surface area (Å²) in [6, 6.07) is 15.0. The van der Waals surface area contributed by atoms with Gasteiger partial charge in [0.1, 0.15) is 0 Å². The topological polar surface area (TPSA) is 20.3 Å². The lowest BCUT2D eigenvalue weighted by atomic mass is 10.1. The Morgan fingerprint density at radius 1 is 1.14 bits per heavy atom. The molecule has 0 unspecified atom stereocenters. The van der Waals surface area contributed by atoms with E-state index in [0.717, 1.165) is 5.56 Å². The van der Waals surface area contributed by atoms with Crippen molar-refractivity contribution in [1.82, 2.24) is 4.90 Å². The summed E-state index contributed by atoms with van der Waals surface area (Å²) in [6.45, 7) is 1.02. The van der Waals surface area contributed by atoms with Crippen LogP contribution in [-0.2, 0) is 6.54 Å². The molecular weight excluding hydrogens is 373 g/mol. The SMILES string of the molecule is O=C(c1ccc(Cl)cc1Br)N(CCCl)Cc1ccccc1. The van der Waals surface area contributed by atoms with Crippen molar-refractivity contribution in [2.24, 2.45) is 0 Å². The summed E-state index contributed by atoms with van der Waals surface area (Å²) in [7, 11) is 0. The van der Waals surface area contributed by atoms with Crippen LogP contribution in [0.25, 0.3) is 0 Å². The molecule has 0 atom stereocenters. The molecule has 2 aromatic carbocycles. The highest BCUT2D eigenvalue weighted by atomic mass is 79.9. The van der Waals surface area contributed by atoms with E-state index in [1.165, 1.54) is 0 Å². The fraction of sp³-hybridized carbons (Fsp3) is 0.188. The lowest BCUT2D eigenvalue weighted by Crippen LogP contribution is -2.32. The Morgan fingerprint density at radius 3 is 2.48 bits per heavy atom. The van der Waals surface area contributed by atoms with Crippen LogP contribution in [0, 0.1) is 0 Å². The maximum atomic E-state index is 12.7. The molecule has 2 nitrogen and oxygen atoms in total. The summed E-state index contributed by atoms with van der Waals surface area (Å²) in [5, 5.41) is 0.588. The Hall–Kier alpha value is -1.03. The van der Waals surface area contributed by atoms with Gasteiger partial charge in [-0.2, -0.15) is 0 Å². The molecule has 0 fully saturated rings. The fourth-order valence-corrected chi connectivity index (χ4v) is 3.05. The Balaban J connectivity index is 2.23. The Kier molecular flexibility index (Phi) is 6.09. The van der Waals surface area contributed by atoms with E-state index in [0.29, 0.717) is 34.0 Å². The van der Waals surface area contributed by atoms with Crippen LogP contribution in [0.3, 0.4) is 0 Å². The molecule has 0 N–H and O–H groups in total. The molecule has 5 heteroatoms. The van der Waals surface area contributed by atoms with Crippen molar-refractivity contribution in [3.63, 3.8) is 0 Å². The Morgan fingerprint density at radius 2 is 1.86 bits per heavy atom. The number of carbonyl (C=O) groups is 1. The second-order valence-corrected chi connectivity index (χ2v) is 6.19. The van der Waals surface area contributed by atoms with Gasteiger partial charge in [0.2, 0.25) is 0 Å². The van der Waals surface area contributed by atoms with Crippen molar-refractivity contribution in [1.29, 1.82) is 0 Å². The Bertz CT molecular complexity index is 619. The van der Waals surface area contributed by atoms with E-state index in [-0.39, 0.29) is 5.91 Å². The molecule has 1 amide bonds. The van der Waals surface area contributed by atoms with E-state index in [9.17, 15) is 4.79 Å². The lowest BCUT2D eigenvalue weighted by molar-refractivity contribution is 0.0753. The second-order valence-electron chi connectivity index (χ2n) is 4.53. The van der Waals surface area contributed by atoms with Gasteiger partial charge in [0, 0.05) is 28.5 Å². The number of amides is 1. The van der Waals surface area contributed by atoms with Gasteiger partial charge in [0.15, 0.2) is 0 Å². The third-order valence-corrected chi connectivity index (χ3v) is 4.08. The largest absolute Gasteiger partial charge is 0.333 e. The molecule has 0 spiro atoms. The van der Waals surface area contributed by atoms with Crippen molar-refractivity contribution in [2.75, 3.05) is 12.4 Å². The normalized spacial score (nSPS) is 10.4. The van der Waals surface area contributed by atoms with Gasteiger partial charge in [-0.25, -0.2) is 0 Å². The minimum Gasteiger partial charge on any atom is -0.333 e. The first kappa shape index (κ1) is 16.3. The molecular formula is C16H14BrCl2NO. The number of benzene rings is 2. The van der Waals surface area contributed by atoms with Crippen LogP contribution < -0.4 is 0 Å². The van der Waals surface area contributed by atoms with Crippen LogP contribution in [0.2, 0.25) is 5.02 Å². The van der Waals surface area contributed by atoms with Crippen LogP contribution >= 0.6 is 39.1 Å². The molecule has 0 radical (unpaired) electrons. The second kappa shape index (κ2) is 7.83. The average molecular weight is 387 g/mol. The number of hydrogen-bond acceptors (Lipinski definition) is 1. The van der Waals surface area contributed by atoms with Crippen molar-refractivity contribution in [2.45, 2.75) is 6.54 Å². The molecule has 2 aromatic rings. The molecule has 0 bridgehead atoms. The molecule has 0 aliphatic heterocycles. The zero-order chi connectivity index (χ0) is 15.2. The van der Waals surface area contributed by atoms with Gasteiger partial charge >= 0.3 is 0 Å². The number of nitrogens with zero attached hydrogens (tertiary/aromatic N) is 1. The lowest BCUT2D eigenvalue weighted by Gasteiger charge is -2.22. The quantitative estimate of drug-likeness (QED) is 0.663. The van der Waals surface area contributed by atoms with Gasteiger partial charge in [0.05, 0.1) is 5.56 Å². The molecule has 0 heterocycles. The summed E-state index contributed by atoms with van der Waals surface area (Å²) >= 11 is 15.1. The molecule has 0 aliphatic carbocycles. The average Bonchev–Trinajstić information content (AvgIpc) is 2.47. The van der Waals surface area contributed by atoms with E-state index in [1.54, 1.807) is 23.1 Å². The zero-order valence-electron chi connectivity index (χ0n) is 11.2. The van der Waals surface area contributed by atoms with Crippen molar-refractivity contribution >= 4 is 45.0 Å². The minimum absolute atomic E-state index is 0.0666. The maximum Gasteiger partial charge on any atom is 0.255 e. The van der Waals surface area contributed by atoms with Gasteiger partial charge in [-0.05, 0) is 39.7 Å². The predicted molar refractivity (Wildman–Crippen MR) is 91.1 cm³/mol. The summed E-state index contributed by atoms with van der Waals surface area (Å²) in [4.78, 5) is 14.4. The third-order valence-electron chi connectivity index (χ3n) is 3.02. The van der Waals surface area contributed by atoms with E-state index in [4.69, 9.17) is 23.2 Å². The Labute approximate surface area is 142 Å². The van der Waals surface area contributed by atoms with Crippen molar-refractivity contribution < 1.29 is 4.79 Å². The van der Waals surface area contributed by atoms with Crippen LogP contribution in [-0.4, -0.2) is 23.2 Å². The van der Waals surface area contributed by atoms with E-state index in [1.807, 2.05) is 30.3 Å². The van der Waals surface area contributed by atoms with Gasteiger partial charge in [-0.1, -0.05) is 41.9 Å². The summed E-state index contributed by atoms with van der Waals surface area (Å²) in [5.41, 5.74) is 1.65. The first-order valence-corrected chi connectivity index (χ1v) is 8.16. The predicted octanol–water partition coefficient (Wildman–Crippen LogP) is 4.98. The summed E-state index contributed by atoms with van der Waals surface area (Å²) in [6.07, 6.45) is 0. The minimum atomic E-state index is -0.0666. The zero-order valence-corrected chi connectivity index (χ0v) is 14.3. The van der Waals surface area contributed by atoms with Gasteiger partial charge < -0.3 is 4.90 Å². The van der Waals surface area contributed by atoms with Crippen molar-refractivity contribution in [3.05, 3.63) is 69.2 Å². The van der Waals surface area contributed by atoms with Gasteiger partial charge in [0.25, 0.3) is 5.91 Å². The van der Waals surface area contributed by atoms with Crippen LogP contribution in [0.4, 0.5) is 0 Å². The van der Waals surface area contributed by atoms with Crippen molar-refractivity contribution in [3.8, 4) is 0 Å². The molecule has 0 saturated carbocycles. The highest BCUT2D eigenvalue weighted by Crippen LogP contribution is 2.23. The first-order chi connectivity index (χ1) is 10.1. The molecule has 2 rings (SSSR count). The number of hydrogen-bond donors (Lipinski definition) is 0. The van der Waals surface area contributed by atoms with Crippen LogP contribution in [0.15, 0.2) is 53.0 Å².